The van der Waals surface area contributed by atoms with Crippen LogP contribution in [0.15, 0.2) is 30.3 Å². The number of benzene rings is 1. The van der Waals surface area contributed by atoms with Crippen LogP contribution in [0, 0.1) is 5.92 Å². The van der Waals surface area contributed by atoms with Crippen molar-refractivity contribution < 1.29 is 4.79 Å². The molecule has 1 rings (SSSR count). The van der Waals surface area contributed by atoms with Gasteiger partial charge in [0.1, 0.15) is 0 Å². The van der Waals surface area contributed by atoms with Crippen LogP contribution in [0.1, 0.15) is 38.7 Å². The molecule has 0 aliphatic heterocycles. The summed E-state index contributed by atoms with van der Waals surface area (Å²) < 4.78 is 0. The van der Waals surface area contributed by atoms with Gasteiger partial charge in [-0.25, -0.2) is 0 Å². The van der Waals surface area contributed by atoms with Crippen molar-refractivity contribution in [1.29, 1.82) is 0 Å². The molecule has 0 atom stereocenters. The molecule has 0 spiro atoms. The van der Waals surface area contributed by atoms with Gasteiger partial charge in [-0.15, -0.1) is 0 Å². The number of nitrogens with one attached hydrogen (secondary N) is 1. The second-order valence-corrected chi connectivity index (χ2v) is 4.47. The molecule has 0 bridgehead atoms. The second-order valence-electron chi connectivity index (χ2n) is 4.47. The Morgan fingerprint density at radius 3 is 2.41 bits per heavy atom. The van der Waals surface area contributed by atoms with Crippen LogP contribution in [0.25, 0.3) is 0 Å². The lowest BCUT2D eigenvalue weighted by Gasteiger charge is -2.13. The number of hydrogen-bond donors (Lipinski definition) is 1. The Balaban J connectivity index is 2.22. The molecule has 0 unspecified atom stereocenters. The third-order valence-corrected chi connectivity index (χ3v) is 3.23. The van der Waals surface area contributed by atoms with Gasteiger partial charge in [0, 0.05) is 13.0 Å². The Labute approximate surface area is 104 Å². The van der Waals surface area contributed by atoms with E-state index in [1.165, 1.54) is 5.56 Å². The number of amides is 1. The van der Waals surface area contributed by atoms with Crippen LogP contribution in [0.3, 0.4) is 0 Å². The van der Waals surface area contributed by atoms with Crippen molar-refractivity contribution in [3.05, 3.63) is 35.9 Å². The highest BCUT2D eigenvalue weighted by Crippen LogP contribution is 2.06. The van der Waals surface area contributed by atoms with Crippen molar-refractivity contribution >= 4 is 5.91 Å². The van der Waals surface area contributed by atoms with E-state index in [4.69, 9.17) is 0 Å². The zero-order chi connectivity index (χ0) is 12.5. The van der Waals surface area contributed by atoms with Gasteiger partial charge in [0.2, 0.25) is 5.91 Å². The number of aryl methyl sites for hydroxylation is 1. The highest BCUT2D eigenvalue weighted by Gasteiger charge is 2.06. The largest absolute Gasteiger partial charge is 0.356 e. The summed E-state index contributed by atoms with van der Waals surface area (Å²) in [7, 11) is 0. The van der Waals surface area contributed by atoms with E-state index in [2.05, 4.69) is 31.3 Å². The summed E-state index contributed by atoms with van der Waals surface area (Å²) >= 11 is 0. The highest BCUT2D eigenvalue weighted by atomic mass is 16.1. The minimum Gasteiger partial charge on any atom is -0.356 e. The quantitative estimate of drug-likeness (QED) is 0.770. The summed E-state index contributed by atoms with van der Waals surface area (Å²) in [6.45, 7) is 5.16. The molecule has 0 radical (unpaired) electrons. The lowest BCUT2D eigenvalue weighted by Crippen LogP contribution is -2.29. The van der Waals surface area contributed by atoms with E-state index in [-0.39, 0.29) is 5.91 Å². The smallest absolute Gasteiger partial charge is 0.220 e. The Morgan fingerprint density at radius 1 is 1.18 bits per heavy atom. The molecule has 1 amide bonds. The highest BCUT2D eigenvalue weighted by molar-refractivity contribution is 5.76. The molecule has 2 heteroatoms. The third-order valence-electron chi connectivity index (χ3n) is 3.23. The van der Waals surface area contributed by atoms with Crippen LogP contribution in [-0.4, -0.2) is 12.5 Å². The first-order valence-electron chi connectivity index (χ1n) is 6.56. The fourth-order valence-electron chi connectivity index (χ4n) is 1.83. The molecule has 0 aliphatic rings. The van der Waals surface area contributed by atoms with Crippen LogP contribution in [0.2, 0.25) is 0 Å². The molecule has 0 saturated heterocycles. The average molecular weight is 233 g/mol. The van der Waals surface area contributed by atoms with E-state index in [1.807, 2.05) is 18.2 Å². The summed E-state index contributed by atoms with van der Waals surface area (Å²) in [5.74, 6) is 0.788. The summed E-state index contributed by atoms with van der Waals surface area (Å²) in [6, 6.07) is 10.1. The van der Waals surface area contributed by atoms with Crippen LogP contribution in [0.4, 0.5) is 0 Å². The molecule has 0 aliphatic carbocycles. The zero-order valence-corrected chi connectivity index (χ0v) is 10.9. The van der Waals surface area contributed by atoms with Crippen molar-refractivity contribution in [2.75, 3.05) is 6.54 Å². The van der Waals surface area contributed by atoms with Gasteiger partial charge < -0.3 is 5.32 Å². The fraction of sp³-hybridized carbons (Fsp3) is 0.533. The first kappa shape index (κ1) is 13.8. The van der Waals surface area contributed by atoms with Crippen molar-refractivity contribution in [2.45, 2.75) is 39.5 Å². The van der Waals surface area contributed by atoms with Crippen LogP contribution in [0.5, 0.6) is 0 Å². The van der Waals surface area contributed by atoms with E-state index in [9.17, 15) is 4.79 Å². The summed E-state index contributed by atoms with van der Waals surface area (Å²) in [6.07, 6.45) is 3.69. The molecule has 0 aromatic heterocycles. The predicted octanol–water partition coefficient (Wildman–Crippen LogP) is 3.17. The Kier molecular flexibility index (Phi) is 6.38. The van der Waals surface area contributed by atoms with Gasteiger partial charge in [-0.3, -0.25) is 4.79 Å². The lowest BCUT2D eigenvalue weighted by molar-refractivity contribution is -0.121. The molecule has 0 heterocycles. The molecule has 94 valence electrons. The van der Waals surface area contributed by atoms with E-state index in [0.29, 0.717) is 12.3 Å². The van der Waals surface area contributed by atoms with Crippen molar-refractivity contribution in [1.82, 2.24) is 5.32 Å². The molecule has 17 heavy (non-hydrogen) atoms. The molecule has 0 saturated carbocycles. The van der Waals surface area contributed by atoms with E-state index in [1.54, 1.807) is 0 Å². The monoisotopic (exact) mass is 233 g/mol. The minimum absolute atomic E-state index is 0.167. The summed E-state index contributed by atoms with van der Waals surface area (Å²) in [5, 5.41) is 3.02. The van der Waals surface area contributed by atoms with Crippen LogP contribution < -0.4 is 5.32 Å². The fourth-order valence-corrected chi connectivity index (χ4v) is 1.83. The molecule has 2 nitrogen and oxygen atoms in total. The maximum Gasteiger partial charge on any atom is 0.220 e. The summed E-state index contributed by atoms with van der Waals surface area (Å²) in [5.41, 5.74) is 1.23. The first-order valence-corrected chi connectivity index (χ1v) is 6.56. The third kappa shape index (κ3) is 5.53. The van der Waals surface area contributed by atoms with Crippen molar-refractivity contribution in [2.24, 2.45) is 5.92 Å². The van der Waals surface area contributed by atoms with E-state index >= 15 is 0 Å². The molecular formula is C15H23NO. The van der Waals surface area contributed by atoms with Gasteiger partial charge in [-0.05, 0) is 17.9 Å². The molecule has 1 N–H and O–H groups in total. The molecule has 1 aromatic rings. The number of rotatable bonds is 7. The van der Waals surface area contributed by atoms with Crippen molar-refractivity contribution in [3.63, 3.8) is 0 Å². The molecular weight excluding hydrogens is 210 g/mol. The summed E-state index contributed by atoms with van der Waals surface area (Å²) in [4.78, 5) is 11.6. The Morgan fingerprint density at radius 2 is 1.82 bits per heavy atom. The van der Waals surface area contributed by atoms with Gasteiger partial charge >= 0.3 is 0 Å². The van der Waals surface area contributed by atoms with Crippen LogP contribution >= 0.6 is 0 Å². The molecule has 0 fully saturated rings. The van der Waals surface area contributed by atoms with Crippen molar-refractivity contribution in [3.8, 4) is 0 Å². The van der Waals surface area contributed by atoms with Gasteiger partial charge in [0.15, 0.2) is 0 Å². The lowest BCUT2D eigenvalue weighted by atomic mass is 10.0. The van der Waals surface area contributed by atoms with Gasteiger partial charge in [-0.1, -0.05) is 57.0 Å². The number of carbonyl (C=O) groups excluding carboxylic acids is 1. The predicted molar refractivity (Wildman–Crippen MR) is 71.8 cm³/mol. The SMILES string of the molecule is CCC(CC)CNC(=O)CCc1ccccc1. The molecule has 1 aromatic carbocycles. The maximum absolute atomic E-state index is 11.6. The van der Waals surface area contributed by atoms with Gasteiger partial charge in [0.25, 0.3) is 0 Å². The van der Waals surface area contributed by atoms with Gasteiger partial charge in [0.05, 0.1) is 0 Å². The number of carbonyl (C=O) groups is 1. The zero-order valence-electron chi connectivity index (χ0n) is 10.9. The second kappa shape index (κ2) is 7.88. The average Bonchev–Trinajstić information content (AvgIpc) is 2.39. The van der Waals surface area contributed by atoms with E-state index < -0.39 is 0 Å². The standard InChI is InChI=1S/C15H23NO/c1-3-13(4-2)12-16-15(17)11-10-14-8-6-5-7-9-14/h5-9,13H,3-4,10-12H2,1-2H3,(H,16,17). The normalized spacial score (nSPS) is 10.5. The minimum atomic E-state index is 0.167. The van der Waals surface area contributed by atoms with Gasteiger partial charge in [-0.2, -0.15) is 0 Å². The Hall–Kier alpha value is -1.31. The Bertz CT molecular complexity index is 317. The topological polar surface area (TPSA) is 29.1 Å². The van der Waals surface area contributed by atoms with Crippen LogP contribution in [-0.2, 0) is 11.2 Å². The maximum atomic E-state index is 11.6. The van der Waals surface area contributed by atoms with E-state index in [0.717, 1.165) is 25.8 Å². The number of hydrogen-bond acceptors (Lipinski definition) is 1. The first-order chi connectivity index (χ1) is 8.26.